The summed E-state index contributed by atoms with van der Waals surface area (Å²) in [7, 11) is 0. The summed E-state index contributed by atoms with van der Waals surface area (Å²) in [5, 5.41) is 16.5. The molecule has 0 bridgehead atoms. The van der Waals surface area contributed by atoms with Crippen molar-refractivity contribution in [2.45, 2.75) is 19.4 Å². The molecule has 4 nitrogen and oxygen atoms in total. The first-order valence-corrected chi connectivity index (χ1v) is 7.80. The lowest BCUT2D eigenvalue weighted by atomic mass is 10.1. The standard InChI is InChI=1S/C16H19NO3S/c1-12(9-13-5-8-21-11-13)17-6-7-20-15-4-2-3-14(10-15)16(18)19/h2-5,8,10-12,17H,6-7,9H2,1H3,(H,18,19). The number of hydrogen-bond acceptors (Lipinski definition) is 4. The van der Waals surface area contributed by atoms with E-state index in [1.807, 2.05) is 0 Å². The van der Waals surface area contributed by atoms with Gasteiger partial charge in [-0.25, -0.2) is 4.79 Å². The predicted molar refractivity (Wildman–Crippen MR) is 84.4 cm³/mol. The Morgan fingerprint density at radius 1 is 1.43 bits per heavy atom. The van der Waals surface area contributed by atoms with Crippen LogP contribution >= 0.6 is 11.3 Å². The minimum Gasteiger partial charge on any atom is -0.492 e. The van der Waals surface area contributed by atoms with E-state index in [4.69, 9.17) is 9.84 Å². The molecule has 5 heteroatoms. The number of carboxylic acids is 1. The summed E-state index contributed by atoms with van der Waals surface area (Å²) in [5.41, 5.74) is 1.58. The highest BCUT2D eigenvalue weighted by atomic mass is 32.1. The van der Waals surface area contributed by atoms with Gasteiger partial charge in [0.1, 0.15) is 12.4 Å². The fourth-order valence-corrected chi connectivity index (χ4v) is 2.71. The molecule has 1 aromatic heterocycles. The number of aromatic carboxylic acids is 1. The Hall–Kier alpha value is -1.85. The molecular weight excluding hydrogens is 286 g/mol. The summed E-state index contributed by atoms with van der Waals surface area (Å²) in [6.45, 7) is 3.38. The fourth-order valence-electron chi connectivity index (χ4n) is 2.03. The molecule has 2 N–H and O–H groups in total. The van der Waals surface area contributed by atoms with E-state index in [0.717, 1.165) is 13.0 Å². The van der Waals surface area contributed by atoms with E-state index >= 15 is 0 Å². The Morgan fingerprint density at radius 2 is 2.29 bits per heavy atom. The molecular formula is C16H19NO3S. The topological polar surface area (TPSA) is 58.6 Å². The van der Waals surface area contributed by atoms with Crippen LogP contribution in [0.1, 0.15) is 22.8 Å². The highest BCUT2D eigenvalue weighted by Crippen LogP contribution is 2.13. The first kappa shape index (κ1) is 15.5. The summed E-state index contributed by atoms with van der Waals surface area (Å²) < 4.78 is 5.56. The third-order valence-electron chi connectivity index (χ3n) is 3.07. The quantitative estimate of drug-likeness (QED) is 0.736. The third-order valence-corrected chi connectivity index (χ3v) is 3.80. The molecule has 0 aliphatic carbocycles. The molecule has 112 valence electrons. The van der Waals surface area contributed by atoms with Gasteiger partial charge in [-0.2, -0.15) is 11.3 Å². The number of carboxylic acid groups (broad SMARTS) is 1. The first-order valence-electron chi connectivity index (χ1n) is 6.86. The van der Waals surface area contributed by atoms with Crippen LogP contribution in [0.2, 0.25) is 0 Å². The zero-order chi connectivity index (χ0) is 15.1. The van der Waals surface area contributed by atoms with E-state index in [2.05, 4.69) is 29.1 Å². The Balaban J connectivity index is 1.69. The van der Waals surface area contributed by atoms with Crippen molar-refractivity contribution < 1.29 is 14.6 Å². The molecule has 21 heavy (non-hydrogen) atoms. The summed E-state index contributed by atoms with van der Waals surface area (Å²) in [6, 6.07) is 9.06. The van der Waals surface area contributed by atoms with E-state index in [1.165, 1.54) is 11.6 Å². The van der Waals surface area contributed by atoms with Gasteiger partial charge < -0.3 is 15.2 Å². The van der Waals surface area contributed by atoms with E-state index < -0.39 is 5.97 Å². The lowest BCUT2D eigenvalue weighted by molar-refractivity contribution is 0.0696. The van der Waals surface area contributed by atoms with Gasteiger partial charge in [0.15, 0.2) is 0 Å². The molecule has 0 spiro atoms. The second-order valence-corrected chi connectivity index (χ2v) is 5.65. The number of ether oxygens (including phenoxy) is 1. The van der Waals surface area contributed by atoms with Crippen LogP contribution < -0.4 is 10.1 Å². The van der Waals surface area contributed by atoms with E-state index in [-0.39, 0.29) is 5.56 Å². The van der Waals surface area contributed by atoms with Gasteiger partial charge in [-0.3, -0.25) is 0 Å². The molecule has 0 aliphatic heterocycles. The third kappa shape index (κ3) is 5.21. The van der Waals surface area contributed by atoms with Gasteiger partial charge in [0.25, 0.3) is 0 Å². The maximum absolute atomic E-state index is 10.9. The van der Waals surface area contributed by atoms with Crippen LogP contribution in [0.5, 0.6) is 5.75 Å². The van der Waals surface area contributed by atoms with Crippen LogP contribution in [0.25, 0.3) is 0 Å². The number of nitrogens with one attached hydrogen (secondary N) is 1. The number of rotatable bonds is 8. The average Bonchev–Trinajstić information content (AvgIpc) is 2.97. The van der Waals surface area contributed by atoms with Crippen molar-refractivity contribution in [3.05, 3.63) is 52.2 Å². The van der Waals surface area contributed by atoms with Gasteiger partial charge in [0, 0.05) is 12.6 Å². The molecule has 1 aromatic carbocycles. The molecule has 0 fully saturated rings. The van der Waals surface area contributed by atoms with E-state index in [0.29, 0.717) is 18.4 Å². The van der Waals surface area contributed by atoms with Crippen LogP contribution in [-0.4, -0.2) is 30.3 Å². The highest BCUT2D eigenvalue weighted by Gasteiger charge is 2.05. The average molecular weight is 305 g/mol. The van der Waals surface area contributed by atoms with Crippen LogP contribution in [0.4, 0.5) is 0 Å². The van der Waals surface area contributed by atoms with Crippen molar-refractivity contribution in [3.63, 3.8) is 0 Å². The normalized spacial score (nSPS) is 12.0. The first-order chi connectivity index (χ1) is 10.1. The van der Waals surface area contributed by atoms with Crippen molar-refractivity contribution in [2.24, 2.45) is 0 Å². The number of benzene rings is 1. The van der Waals surface area contributed by atoms with Gasteiger partial charge in [-0.1, -0.05) is 6.07 Å². The van der Waals surface area contributed by atoms with Crippen LogP contribution in [-0.2, 0) is 6.42 Å². The fraction of sp³-hybridized carbons (Fsp3) is 0.312. The second kappa shape index (κ2) is 7.81. The second-order valence-electron chi connectivity index (χ2n) is 4.87. The van der Waals surface area contributed by atoms with Crippen molar-refractivity contribution in [3.8, 4) is 5.75 Å². The maximum atomic E-state index is 10.9. The molecule has 2 aromatic rings. The lowest BCUT2D eigenvalue weighted by Gasteiger charge is -2.13. The monoisotopic (exact) mass is 305 g/mol. The molecule has 0 saturated heterocycles. The largest absolute Gasteiger partial charge is 0.492 e. The van der Waals surface area contributed by atoms with Gasteiger partial charge in [0.2, 0.25) is 0 Å². The number of hydrogen-bond donors (Lipinski definition) is 2. The van der Waals surface area contributed by atoms with Gasteiger partial charge in [0.05, 0.1) is 5.56 Å². The molecule has 0 saturated carbocycles. The van der Waals surface area contributed by atoms with Crippen molar-refractivity contribution in [1.82, 2.24) is 5.32 Å². The molecule has 0 amide bonds. The summed E-state index contributed by atoms with van der Waals surface area (Å²) in [6.07, 6.45) is 0.998. The molecule has 1 atom stereocenters. The smallest absolute Gasteiger partial charge is 0.335 e. The van der Waals surface area contributed by atoms with E-state index in [1.54, 1.807) is 29.5 Å². The number of thiophene rings is 1. The minimum atomic E-state index is -0.942. The van der Waals surface area contributed by atoms with Gasteiger partial charge >= 0.3 is 5.97 Å². The predicted octanol–water partition coefficient (Wildman–Crippen LogP) is 3.05. The Morgan fingerprint density at radius 3 is 3.00 bits per heavy atom. The van der Waals surface area contributed by atoms with E-state index in [9.17, 15) is 4.79 Å². The molecule has 0 radical (unpaired) electrons. The van der Waals surface area contributed by atoms with Gasteiger partial charge in [-0.05, 0) is 53.9 Å². The molecule has 0 aliphatic rings. The molecule has 1 unspecified atom stereocenters. The zero-order valence-electron chi connectivity index (χ0n) is 11.9. The minimum absolute atomic E-state index is 0.242. The van der Waals surface area contributed by atoms with Gasteiger partial charge in [-0.15, -0.1) is 0 Å². The zero-order valence-corrected chi connectivity index (χ0v) is 12.7. The Bertz CT molecular complexity index is 569. The van der Waals surface area contributed by atoms with Crippen LogP contribution in [0.15, 0.2) is 41.1 Å². The molecule has 1 heterocycles. The summed E-state index contributed by atoms with van der Waals surface area (Å²) in [5.74, 6) is -0.356. The maximum Gasteiger partial charge on any atom is 0.335 e. The van der Waals surface area contributed by atoms with Crippen molar-refractivity contribution in [2.75, 3.05) is 13.2 Å². The highest BCUT2D eigenvalue weighted by molar-refractivity contribution is 7.07. The lowest BCUT2D eigenvalue weighted by Crippen LogP contribution is -2.31. The van der Waals surface area contributed by atoms with Crippen LogP contribution in [0, 0.1) is 0 Å². The van der Waals surface area contributed by atoms with Crippen LogP contribution in [0.3, 0.4) is 0 Å². The van der Waals surface area contributed by atoms with Crippen molar-refractivity contribution in [1.29, 1.82) is 0 Å². The number of carbonyl (C=O) groups is 1. The summed E-state index contributed by atoms with van der Waals surface area (Å²) >= 11 is 1.71. The molecule has 2 rings (SSSR count). The Kier molecular flexibility index (Phi) is 5.78. The summed E-state index contributed by atoms with van der Waals surface area (Å²) in [4.78, 5) is 10.9. The van der Waals surface area contributed by atoms with Crippen molar-refractivity contribution >= 4 is 17.3 Å². The SMILES string of the molecule is CC(Cc1ccsc1)NCCOc1cccc(C(=O)O)c1. The Labute approximate surface area is 128 Å².